The molecule has 2 saturated heterocycles. The van der Waals surface area contributed by atoms with E-state index in [9.17, 15) is 4.79 Å². The molecule has 104 valence electrons. The van der Waals surface area contributed by atoms with E-state index in [2.05, 4.69) is 5.32 Å². The third-order valence-corrected chi connectivity index (χ3v) is 4.01. The second-order valence-corrected chi connectivity index (χ2v) is 5.60. The van der Waals surface area contributed by atoms with E-state index in [0.717, 1.165) is 52.1 Å². The fourth-order valence-corrected chi connectivity index (χ4v) is 2.79. The summed E-state index contributed by atoms with van der Waals surface area (Å²) in [4.78, 5) is 14.2. The molecule has 2 fully saturated rings. The minimum Gasteiger partial charge on any atom is -0.381 e. The minimum atomic E-state index is -0.0509. The summed E-state index contributed by atoms with van der Waals surface area (Å²) in [5, 5.41) is 3.38. The Hall–Kier alpha value is -0.610. The van der Waals surface area contributed by atoms with Gasteiger partial charge in [0.15, 0.2) is 0 Å². The Labute approximate surface area is 110 Å². The maximum atomic E-state index is 12.2. The van der Waals surface area contributed by atoms with Gasteiger partial charge in [-0.2, -0.15) is 0 Å². The Bertz CT molecular complexity index is 259. The molecule has 2 aliphatic rings. The summed E-state index contributed by atoms with van der Waals surface area (Å²) in [6.07, 6.45) is 5.97. The first kappa shape index (κ1) is 13.8. The smallest absolute Gasteiger partial charge is 0.239 e. The molecule has 18 heavy (non-hydrogen) atoms. The molecule has 1 amide bonds. The SMILES string of the molecule is CC(NCC1CCCOC1)C(=O)N1CCCCC1. The van der Waals surface area contributed by atoms with E-state index in [4.69, 9.17) is 4.74 Å². The van der Waals surface area contributed by atoms with Gasteiger partial charge in [0, 0.05) is 26.2 Å². The molecule has 0 spiro atoms. The van der Waals surface area contributed by atoms with Crippen LogP contribution in [0.15, 0.2) is 0 Å². The van der Waals surface area contributed by atoms with Gasteiger partial charge in [-0.15, -0.1) is 0 Å². The van der Waals surface area contributed by atoms with Crippen LogP contribution >= 0.6 is 0 Å². The number of carbonyl (C=O) groups is 1. The highest BCUT2D eigenvalue weighted by atomic mass is 16.5. The van der Waals surface area contributed by atoms with Crippen molar-refractivity contribution in [3.8, 4) is 0 Å². The van der Waals surface area contributed by atoms with Crippen LogP contribution in [0.3, 0.4) is 0 Å². The van der Waals surface area contributed by atoms with Gasteiger partial charge in [0.2, 0.25) is 5.91 Å². The Morgan fingerprint density at radius 2 is 2.11 bits per heavy atom. The second-order valence-electron chi connectivity index (χ2n) is 5.60. The summed E-state index contributed by atoms with van der Waals surface area (Å²) in [7, 11) is 0. The maximum Gasteiger partial charge on any atom is 0.239 e. The van der Waals surface area contributed by atoms with Crippen molar-refractivity contribution in [1.82, 2.24) is 10.2 Å². The molecule has 0 aromatic rings. The van der Waals surface area contributed by atoms with Crippen LogP contribution in [0.2, 0.25) is 0 Å². The highest BCUT2D eigenvalue weighted by Crippen LogP contribution is 2.13. The van der Waals surface area contributed by atoms with Crippen molar-refractivity contribution in [2.24, 2.45) is 5.92 Å². The lowest BCUT2D eigenvalue weighted by Gasteiger charge is -2.30. The molecule has 1 N–H and O–H groups in total. The normalized spacial score (nSPS) is 26.9. The molecule has 4 heteroatoms. The third-order valence-electron chi connectivity index (χ3n) is 4.01. The molecule has 0 aromatic carbocycles. The quantitative estimate of drug-likeness (QED) is 0.824. The van der Waals surface area contributed by atoms with Crippen molar-refractivity contribution in [3.63, 3.8) is 0 Å². The summed E-state index contributed by atoms with van der Waals surface area (Å²) in [6, 6.07) is -0.0509. The third kappa shape index (κ3) is 3.95. The van der Waals surface area contributed by atoms with Crippen LogP contribution in [0, 0.1) is 5.92 Å². The zero-order valence-corrected chi connectivity index (χ0v) is 11.5. The molecule has 2 heterocycles. The van der Waals surface area contributed by atoms with Crippen molar-refractivity contribution in [1.29, 1.82) is 0 Å². The summed E-state index contributed by atoms with van der Waals surface area (Å²) in [5.41, 5.74) is 0. The number of hydrogen-bond donors (Lipinski definition) is 1. The minimum absolute atomic E-state index is 0.0509. The van der Waals surface area contributed by atoms with Gasteiger partial charge in [0.25, 0.3) is 0 Å². The Kier molecular flexibility index (Phi) is 5.45. The first-order valence-electron chi connectivity index (χ1n) is 7.37. The topological polar surface area (TPSA) is 41.6 Å². The molecule has 0 aromatic heterocycles. The van der Waals surface area contributed by atoms with E-state index in [-0.39, 0.29) is 11.9 Å². The van der Waals surface area contributed by atoms with Crippen LogP contribution in [0.1, 0.15) is 39.0 Å². The van der Waals surface area contributed by atoms with Crippen LogP contribution in [-0.4, -0.2) is 49.7 Å². The second kappa shape index (κ2) is 7.10. The van der Waals surface area contributed by atoms with E-state index in [1.165, 1.54) is 12.8 Å². The van der Waals surface area contributed by atoms with Crippen molar-refractivity contribution < 1.29 is 9.53 Å². The number of carbonyl (C=O) groups excluding carboxylic acids is 1. The number of likely N-dealkylation sites (tertiary alicyclic amines) is 1. The fraction of sp³-hybridized carbons (Fsp3) is 0.929. The van der Waals surface area contributed by atoms with Crippen molar-refractivity contribution in [2.45, 2.75) is 45.1 Å². The van der Waals surface area contributed by atoms with Crippen LogP contribution in [0.25, 0.3) is 0 Å². The van der Waals surface area contributed by atoms with Crippen molar-refractivity contribution in [2.75, 3.05) is 32.8 Å². The summed E-state index contributed by atoms with van der Waals surface area (Å²) in [5.74, 6) is 0.849. The molecular formula is C14H26N2O2. The maximum absolute atomic E-state index is 12.2. The van der Waals surface area contributed by atoms with Gasteiger partial charge in [-0.1, -0.05) is 0 Å². The van der Waals surface area contributed by atoms with Gasteiger partial charge in [-0.3, -0.25) is 4.79 Å². The number of hydrogen-bond acceptors (Lipinski definition) is 3. The Morgan fingerprint density at radius 1 is 1.33 bits per heavy atom. The molecule has 0 bridgehead atoms. The average Bonchev–Trinajstić information content (AvgIpc) is 2.46. The number of piperidine rings is 1. The van der Waals surface area contributed by atoms with Crippen LogP contribution in [0.4, 0.5) is 0 Å². The zero-order chi connectivity index (χ0) is 12.8. The fourth-order valence-electron chi connectivity index (χ4n) is 2.79. The van der Waals surface area contributed by atoms with E-state index in [1.54, 1.807) is 0 Å². The number of amides is 1. The van der Waals surface area contributed by atoms with Gasteiger partial charge in [-0.05, 0) is 44.9 Å². The van der Waals surface area contributed by atoms with Crippen molar-refractivity contribution in [3.05, 3.63) is 0 Å². The molecule has 4 nitrogen and oxygen atoms in total. The van der Waals surface area contributed by atoms with E-state index >= 15 is 0 Å². The highest BCUT2D eigenvalue weighted by Gasteiger charge is 2.23. The molecule has 2 atom stereocenters. The number of nitrogens with zero attached hydrogens (tertiary/aromatic N) is 1. The first-order chi connectivity index (χ1) is 8.77. The van der Waals surface area contributed by atoms with Gasteiger partial charge < -0.3 is 15.0 Å². The molecule has 0 saturated carbocycles. The Morgan fingerprint density at radius 3 is 2.78 bits per heavy atom. The molecular weight excluding hydrogens is 228 g/mol. The first-order valence-corrected chi connectivity index (χ1v) is 7.37. The highest BCUT2D eigenvalue weighted by molar-refractivity contribution is 5.81. The predicted octanol–water partition coefficient (Wildman–Crippen LogP) is 1.40. The Balaban J connectivity index is 1.69. The summed E-state index contributed by atoms with van der Waals surface area (Å²) in [6.45, 7) is 6.52. The largest absolute Gasteiger partial charge is 0.381 e. The van der Waals surface area contributed by atoms with Crippen LogP contribution < -0.4 is 5.32 Å². The lowest BCUT2D eigenvalue weighted by Crippen LogP contribution is -2.48. The van der Waals surface area contributed by atoms with Gasteiger partial charge in [0.05, 0.1) is 12.6 Å². The summed E-state index contributed by atoms with van der Waals surface area (Å²) >= 11 is 0. The molecule has 0 radical (unpaired) electrons. The number of ether oxygens (including phenoxy) is 1. The lowest BCUT2D eigenvalue weighted by atomic mass is 10.0. The van der Waals surface area contributed by atoms with E-state index < -0.39 is 0 Å². The molecule has 0 aliphatic carbocycles. The number of nitrogens with one attached hydrogen (secondary N) is 1. The van der Waals surface area contributed by atoms with Crippen LogP contribution in [0.5, 0.6) is 0 Å². The average molecular weight is 254 g/mol. The van der Waals surface area contributed by atoms with Gasteiger partial charge >= 0.3 is 0 Å². The van der Waals surface area contributed by atoms with Gasteiger partial charge in [0.1, 0.15) is 0 Å². The predicted molar refractivity (Wildman–Crippen MR) is 71.4 cm³/mol. The zero-order valence-electron chi connectivity index (χ0n) is 11.5. The molecule has 2 rings (SSSR count). The van der Waals surface area contributed by atoms with E-state index in [1.807, 2.05) is 11.8 Å². The monoisotopic (exact) mass is 254 g/mol. The van der Waals surface area contributed by atoms with E-state index in [0.29, 0.717) is 5.92 Å². The van der Waals surface area contributed by atoms with Crippen LogP contribution in [-0.2, 0) is 9.53 Å². The van der Waals surface area contributed by atoms with Gasteiger partial charge in [-0.25, -0.2) is 0 Å². The number of rotatable bonds is 4. The lowest BCUT2D eigenvalue weighted by molar-refractivity contribution is -0.134. The molecule has 2 unspecified atom stereocenters. The summed E-state index contributed by atoms with van der Waals surface area (Å²) < 4.78 is 5.46. The van der Waals surface area contributed by atoms with Crippen molar-refractivity contribution >= 4 is 5.91 Å². The molecule has 2 aliphatic heterocycles. The standard InChI is InChI=1S/C14H26N2O2/c1-12(14(17)16-7-3-2-4-8-16)15-10-13-6-5-9-18-11-13/h12-13,15H,2-11H2,1H3.